The average Bonchev–Trinajstić information content (AvgIpc) is 2.36. The molecule has 0 aliphatic carbocycles. The fourth-order valence-electron chi connectivity index (χ4n) is 1.62. The van der Waals surface area contributed by atoms with Crippen molar-refractivity contribution >= 4 is 11.6 Å². The number of methoxy groups -OCH3 is 1. The van der Waals surface area contributed by atoms with E-state index in [1.165, 1.54) is 0 Å². The first kappa shape index (κ1) is 14.4. The van der Waals surface area contributed by atoms with Gasteiger partial charge in [0.2, 0.25) is 0 Å². The Morgan fingerprint density at radius 3 is 2.94 bits per heavy atom. The molecule has 0 aliphatic rings. The molecule has 0 saturated carbocycles. The zero-order valence-electron chi connectivity index (χ0n) is 11.0. The highest BCUT2D eigenvalue weighted by Crippen LogP contribution is 2.09. The molecule has 1 heterocycles. The van der Waals surface area contributed by atoms with Crippen LogP contribution in [0.15, 0.2) is 12.3 Å². The number of nitrogens with one attached hydrogen (secondary N) is 1. The van der Waals surface area contributed by atoms with Gasteiger partial charge >= 0.3 is 0 Å². The molecule has 1 aromatic rings. The van der Waals surface area contributed by atoms with E-state index in [1.54, 1.807) is 26.3 Å². The van der Waals surface area contributed by atoms with Gasteiger partial charge in [-0.15, -0.1) is 0 Å². The molecule has 0 aromatic carbocycles. The molecule has 0 unspecified atom stereocenters. The molecule has 1 rings (SSSR count). The number of rotatable bonds is 7. The van der Waals surface area contributed by atoms with Crippen LogP contribution >= 0.6 is 0 Å². The number of ether oxygens (including phenoxy) is 1. The van der Waals surface area contributed by atoms with E-state index in [9.17, 15) is 4.79 Å². The van der Waals surface area contributed by atoms with Crippen LogP contribution in [0.1, 0.15) is 35.3 Å². The van der Waals surface area contributed by atoms with Crippen molar-refractivity contribution in [1.82, 2.24) is 10.3 Å². The van der Waals surface area contributed by atoms with Crippen LogP contribution in [0.5, 0.6) is 0 Å². The van der Waals surface area contributed by atoms with E-state index < -0.39 is 0 Å². The largest absolute Gasteiger partial charge is 0.397 e. The maximum Gasteiger partial charge on any atom is 0.253 e. The number of pyridine rings is 1. The number of hydrogen-bond donors (Lipinski definition) is 2. The summed E-state index contributed by atoms with van der Waals surface area (Å²) in [4.78, 5) is 15.9. The Kier molecular flexibility index (Phi) is 6.14. The van der Waals surface area contributed by atoms with E-state index in [1.807, 2.05) is 0 Å². The van der Waals surface area contributed by atoms with Crippen molar-refractivity contribution in [1.29, 1.82) is 0 Å². The van der Waals surface area contributed by atoms with Crippen LogP contribution in [-0.2, 0) is 4.74 Å². The van der Waals surface area contributed by atoms with E-state index in [-0.39, 0.29) is 5.91 Å². The fraction of sp³-hybridized carbons (Fsp3) is 0.538. The zero-order chi connectivity index (χ0) is 13.4. The summed E-state index contributed by atoms with van der Waals surface area (Å²) in [6, 6.07) is 1.66. The van der Waals surface area contributed by atoms with Crippen LogP contribution in [0, 0.1) is 6.92 Å². The molecule has 0 atom stereocenters. The topological polar surface area (TPSA) is 77.2 Å². The van der Waals surface area contributed by atoms with E-state index in [4.69, 9.17) is 10.5 Å². The molecule has 0 fully saturated rings. The standard InChI is InChI=1S/C13H21N3O2/c1-10-12(8-11(14)9-16-10)13(17)15-6-4-3-5-7-18-2/h8-9H,3-7,14H2,1-2H3,(H,15,17). The van der Waals surface area contributed by atoms with Crippen LogP contribution in [0.25, 0.3) is 0 Å². The van der Waals surface area contributed by atoms with Crippen molar-refractivity contribution in [2.45, 2.75) is 26.2 Å². The maximum atomic E-state index is 11.9. The molecule has 0 spiro atoms. The molecule has 5 heteroatoms. The highest BCUT2D eigenvalue weighted by Gasteiger charge is 2.09. The molecule has 5 nitrogen and oxygen atoms in total. The van der Waals surface area contributed by atoms with Gasteiger partial charge in [0.15, 0.2) is 0 Å². The van der Waals surface area contributed by atoms with Gasteiger partial charge in [0, 0.05) is 20.3 Å². The van der Waals surface area contributed by atoms with Gasteiger partial charge in [0.1, 0.15) is 0 Å². The molecular weight excluding hydrogens is 230 g/mol. The minimum absolute atomic E-state index is 0.112. The number of anilines is 1. The van der Waals surface area contributed by atoms with Gasteiger partial charge in [-0.25, -0.2) is 0 Å². The Labute approximate surface area is 108 Å². The summed E-state index contributed by atoms with van der Waals surface area (Å²) in [5.41, 5.74) is 7.37. The highest BCUT2D eigenvalue weighted by molar-refractivity contribution is 5.95. The first-order valence-corrected chi connectivity index (χ1v) is 6.14. The maximum absolute atomic E-state index is 11.9. The van der Waals surface area contributed by atoms with Crippen molar-refractivity contribution < 1.29 is 9.53 Å². The summed E-state index contributed by atoms with van der Waals surface area (Å²) in [7, 11) is 1.69. The summed E-state index contributed by atoms with van der Waals surface area (Å²) < 4.78 is 4.96. The van der Waals surface area contributed by atoms with Gasteiger partial charge in [0.25, 0.3) is 5.91 Å². The molecule has 0 bridgehead atoms. The van der Waals surface area contributed by atoms with E-state index in [0.29, 0.717) is 23.5 Å². The Bertz CT molecular complexity index is 394. The smallest absolute Gasteiger partial charge is 0.253 e. The zero-order valence-corrected chi connectivity index (χ0v) is 11.0. The molecule has 1 amide bonds. The van der Waals surface area contributed by atoms with E-state index in [0.717, 1.165) is 25.9 Å². The predicted molar refractivity (Wildman–Crippen MR) is 71.4 cm³/mol. The minimum Gasteiger partial charge on any atom is -0.397 e. The quantitative estimate of drug-likeness (QED) is 0.720. The first-order chi connectivity index (χ1) is 8.65. The number of unbranched alkanes of at least 4 members (excludes halogenated alkanes) is 2. The lowest BCUT2D eigenvalue weighted by Gasteiger charge is -2.07. The molecule has 0 radical (unpaired) electrons. The number of aromatic nitrogens is 1. The minimum atomic E-state index is -0.112. The second-order valence-electron chi connectivity index (χ2n) is 4.21. The van der Waals surface area contributed by atoms with Gasteiger partial charge in [-0.3, -0.25) is 9.78 Å². The highest BCUT2D eigenvalue weighted by atomic mass is 16.5. The van der Waals surface area contributed by atoms with Gasteiger partial charge in [-0.2, -0.15) is 0 Å². The average molecular weight is 251 g/mol. The van der Waals surface area contributed by atoms with Crippen LogP contribution in [0.4, 0.5) is 5.69 Å². The second kappa shape index (κ2) is 7.66. The Morgan fingerprint density at radius 1 is 1.44 bits per heavy atom. The second-order valence-corrected chi connectivity index (χ2v) is 4.21. The van der Waals surface area contributed by atoms with Crippen molar-refractivity contribution in [2.75, 3.05) is 26.0 Å². The summed E-state index contributed by atoms with van der Waals surface area (Å²) in [5, 5.41) is 2.87. The number of carbonyl (C=O) groups excluding carboxylic acids is 1. The Hall–Kier alpha value is -1.62. The van der Waals surface area contributed by atoms with Crippen LogP contribution in [0.3, 0.4) is 0 Å². The number of aryl methyl sites for hydroxylation is 1. The third-order valence-electron chi connectivity index (χ3n) is 2.66. The lowest BCUT2D eigenvalue weighted by Crippen LogP contribution is -2.25. The Balaban J connectivity index is 2.34. The molecule has 3 N–H and O–H groups in total. The lowest BCUT2D eigenvalue weighted by atomic mass is 10.1. The number of hydrogen-bond acceptors (Lipinski definition) is 4. The van der Waals surface area contributed by atoms with Crippen molar-refractivity contribution in [3.8, 4) is 0 Å². The number of carbonyl (C=O) groups is 1. The third kappa shape index (κ3) is 4.71. The number of nitrogen functional groups attached to an aromatic ring is 1. The van der Waals surface area contributed by atoms with Crippen LogP contribution in [0.2, 0.25) is 0 Å². The summed E-state index contributed by atoms with van der Waals surface area (Å²) in [6.45, 7) is 3.23. The molecule has 1 aromatic heterocycles. The van der Waals surface area contributed by atoms with Gasteiger partial charge < -0.3 is 15.8 Å². The molecular formula is C13H21N3O2. The number of nitrogens with two attached hydrogens (primary N) is 1. The summed E-state index contributed by atoms with van der Waals surface area (Å²) in [6.07, 6.45) is 4.56. The predicted octanol–water partition coefficient (Wildman–Crippen LogP) is 1.52. The normalized spacial score (nSPS) is 10.3. The first-order valence-electron chi connectivity index (χ1n) is 6.14. The monoisotopic (exact) mass is 251 g/mol. The van der Waals surface area contributed by atoms with Crippen LogP contribution in [-0.4, -0.2) is 31.2 Å². The lowest BCUT2D eigenvalue weighted by molar-refractivity contribution is 0.0951. The van der Waals surface area contributed by atoms with Crippen molar-refractivity contribution in [2.24, 2.45) is 0 Å². The molecule has 0 aliphatic heterocycles. The third-order valence-corrected chi connectivity index (χ3v) is 2.66. The van der Waals surface area contributed by atoms with Crippen molar-refractivity contribution in [3.05, 3.63) is 23.5 Å². The number of amides is 1. The Morgan fingerprint density at radius 2 is 2.22 bits per heavy atom. The van der Waals surface area contributed by atoms with E-state index >= 15 is 0 Å². The molecule has 18 heavy (non-hydrogen) atoms. The summed E-state index contributed by atoms with van der Waals surface area (Å²) >= 11 is 0. The van der Waals surface area contributed by atoms with Gasteiger partial charge in [-0.1, -0.05) is 0 Å². The van der Waals surface area contributed by atoms with Gasteiger partial charge in [0.05, 0.1) is 23.1 Å². The fourth-order valence-corrected chi connectivity index (χ4v) is 1.62. The van der Waals surface area contributed by atoms with E-state index in [2.05, 4.69) is 10.3 Å². The van der Waals surface area contributed by atoms with Crippen molar-refractivity contribution in [3.63, 3.8) is 0 Å². The van der Waals surface area contributed by atoms with Gasteiger partial charge in [-0.05, 0) is 32.3 Å². The van der Waals surface area contributed by atoms with Crippen LogP contribution < -0.4 is 11.1 Å². The number of nitrogens with zero attached hydrogens (tertiary/aromatic N) is 1. The molecule has 0 saturated heterocycles. The summed E-state index contributed by atoms with van der Waals surface area (Å²) in [5.74, 6) is -0.112. The molecule has 100 valence electrons. The SMILES string of the molecule is COCCCCCNC(=O)c1cc(N)cnc1C.